The van der Waals surface area contributed by atoms with Crippen LogP contribution in [-0.2, 0) is 17.8 Å². The third kappa shape index (κ3) is 3.80. The summed E-state index contributed by atoms with van der Waals surface area (Å²) in [7, 11) is 0. The van der Waals surface area contributed by atoms with Crippen LogP contribution in [0, 0.1) is 0 Å². The van der Waals surface area contributed by atoms with Gasteiger partial charge in [-0.15, -0.1) is 0 Å². The molecule has 0 aromatic heterocycles. The molecule has 1 aromatic carbocycles. The molecule has 3 nitrogen and oxygen atoms in total. The summed E-state index contributed by atoms with van der Waals surface area (Å²) in [5.41, 5.74) is 2.77. The molecule has 1 saturated heterocycles. The summed E-state index contributed by atoms with van der Waals surface area (Å²) in [4.78, 5) is 2.50. The Hall–Kier alpha value is -0.900. The maximum Gasteiger partial charge on any atom is 0.0619 e. The largest absolute Gasteiger partial charge is 0.379 e. The molecule has 2 rings (SSSR count). The van der Waals surface area contributed by atoms with Crippen molar-refractivity contribution in [3.8, 4) is 0 Å². The van der Waals surface area contributed by atoms with Gasteiger partial charge in [-0.25, -0.2) is 0 Å². The monoisotopic (exact) mass is 248 g/mol. The van der Waals surface area contributed by atoms with E-state index in [9.17, 15) is 0 Å². The first-order chi connectivity index (χ1) is 8.79. The van der Waals surface area contributed by atoms with E-state index in [0.717, 1.165) is 39.4 Å². The molecular weight excluding hydrogens is 224 g/mol. The zero-order valence-electron chi connectivity index (χ0n) is 11.5. The summed E-state index contributed by atoms with van der Waals surface area (Å²) < 4.78 is 5.47. The van der Waals surface area contributed by atoms with E-state index >= 15 is 0 Å². The van der Waals surface area contributed by atoms with Crippen LogP contribution in [-0.4, -0.2) is 37.2 Å². The van der Waals surface area contributed by atoms with E-state index in [2.05, 4.69) is 48.3 Å². The van der Waals surface area contributed by atoms with Gasteiger partial charge < -0.3 is 10.1 Å². The predicted octanol–water partition coefficient (Wildman–Crippen LogP) is 2.02. The minimum atomic E-state index is 0.524. The van der Waals surface area contributed by atoms with E-state index in [-0.39, 0.29) is 0 Å². The minimum Gasteiger partial charge on any atom is -0.379 e. The first kappa shape index (κ1) is 13.5. The summed E-state index contributed by atoms with van der Waals surface area (Å²) in [5, 5.41) is 3.37. The van der Waals surface area contributed by atoms with Crippen molar-refractivity contribution in [3.05, 3.63) is 35.4 Å². The van der Waals surface area contributed by atoms with Crippen LogP contribution < -0.4 is 5.32 Å². The van der Waals surface area contributed by atoms with E-state index in [0.29, 0.717) is 6.04 Å². The topological polar surface area (TPSA) is 24.5 Å². The molecule has 0 radical (unpaired) electrons. The van der Waals surface area contributed by atoms with Crippen molar-refractivity contribution in [3.63, 3.8) is 0 Å². The Morgan fingerprint density at radius 1 is 1.39 bits per heavy atom. The van der Waals surface area contributed by atoms with Gasteiger partial charge in [-0.3, -0.25) is 4.90 Å². The lowest BCUT2D eigenvalue weighted by Gasteiger charge is -2.33. The van der Waals surface area contributed by atoms with Crippen LogP contribution in [0.5, 0.6) is 0 Å². The third-order valence-electron chi connectivity index (χ3n) is 3.46. The quantitative estimate of drug-likeness (QED) is 0.863. The fraction of sp³-hybridized carbons (Fsp3) is 0.600. The summed E-state index contributed by atoms with van der Waals surface area (Å²) >= 11 is 0. The molecule has 1 atom stereocenters. The SMILES string of the molecule is CCNCc1cccc(CN2CCOCC2C)c1. The lowest BCUT2D eigenvalue weighted by molar-refractivity contribution is -0.00437. The zero-order valence-corrected chi connectivity index (χ0v) is 11.5. The van der Waals surface area contributed by atoms with Crippen LogP contribution in [0.4, 0.5) is 0 Å². The predicted molar refractivity (Wildman–Crippen MR) is 74.5 cm³/mol. The van der Waals surface area contributed by atoms with Crippen molar-refractivity contribution in [2.75, 3.05) is 26.3 Å². The Morgan fingerprint density at radius 2 is 2.22 bits per heavy atom. The van der Waals surface area contributed by atoms with E-state index in [1.54, 1.807) is 0 Å². The van der Waals surface area contributed by atoms with Crippen LogP contribution >= 0.6 is 0 Å². The summed E-state index contributed by atoms with van der Waals surface area (Å²) in [5.74, 6) is 0. The molecule has 1 aliphatic heterocycles. The Kier molecular flexibility index (Phi) is 5.17. The van der Waals surface area contributed by atoms with Gasteiger partial charge in [0.25, 0.3) is 0 Å². The Labute approximate surface area is 110 Å². The van der Waals surface area contributed by atoms with Crippen LogP contribution in [0.3, 0.4) is 0 Å². The number of hydrogen-bond acceptors (Lipinski definition) is 3. The van der Waals surface area contributed by atoms with Crippen molar-refractivity contribution in [2.45, 2.75) is 33.0 Å². The summed E-state index contributed by atoms with van der Waals surface area (Å²) in [6.07, 6.45) is 0. The fourth-order valence-electron chi connectivity index (χ4n) is 2.34. The number of nitrogens with zero attached hydrogens (tertiary/aromatic N) is 1. The summed E-state index contributed by atoms with van der Waals surface area (Å²) in [6, 6.07) is 9.40. The molecule has 100 valence electrons. The molecule has 1 aliphatic rings. The molecule has 3 heteroatoms. The van der Waals surface area contributed by atoms with Crippen molar-refractivity contribution in [2.24, 2.45) is 0 Å². The first-order valence-electron chi connectivity index (χ1n) is 6.90. The van der Waals surface area contributed by atoms with Crippen molar-refractivity contribution in [1.82, 2.24) is 10.2 Å². The second kappa shape index (κ2) is 6.88. The average Bonchev–Trinajstić information content (AvgIpc) is 2.40. The van der Waals surface area contributed by atoms with Crippen molar-refractivity contribution < 1.29 is 4.74 Å². The Morgan fingerprint density at radius 3 is 3.00 bits per heavy atom. The number of nitrogens with one attached hydrogen (secondary N) is 1. The second-order valence-electron chi connectivity index (χ2n) is 4.99. The Balaban J connectivity index is 1.95. The summed E-state index contributed by atoms with van der Waals surface area (Å²) in [6.45, 7) is 10.1. The number of ether oxygens (including phenoxy) is 1. The standard InChI is InChI=1S/C15H24N2O/c1-3-16-10-14-5-4-6-15(9-14)11-17-7-8-18-12-13(17)2/h4-6,9,13,16H,3,7-8,10-12H2,1-2H3. The molecule has 0 amide bonds. The second-order valence-corrected chi connectivity index (χ2v) is 4.99. The van der Waals surface area contributed by atoms with Gasteiger partial charge in [0.05, 0.1) is 13.2 Å². The van der Waals surface area contributed by atoms with Crippen molar-refractivity contribution in [1.29, 1.82) is 0 Å². The number of hydrogen-bond donors (Lipinski definition) is 1. The van der Waals surface area contributed by atoms with Crippen LogP contribution in [0.25, 0.3) is 0 Å². The molecule has 1 unspecified atom stereocenters. The molecule has 18 heavy (non-hydrogen) atoms. The number of morpholine rings is 1. The fourth-order valence-corrected chi connectivity index (χ4v) is 2.34. The molecule has 0 saturated carbocycles. The van der Waals surface area contributed by atoms with Gasteiger partial charge in [0.1, 0.15) is 0 Å². The first-order valence-corrected chi connectivity index (χ1v) is 6.90. The van der Waals surface area contributed by atoms with Gasteiger partial charge in [0.2, 0.25) is 0 Å². The minimum absolute atomic E-state index is 0.524. The lowest BCUT2D eigenvalue weighted by Crippen LogP contribution is -2.42. The molecule has 0 bridgehead atoms. The maximum atomic E-state index is 5.47. The third-order valence-corrected chi connectivity index (χ3v) is 3.46. The van der Waals surface area contributed by atoms with E-state index in [4.69, 9.17) is 4.74 Å². The molecule has 1 N–H and O–H groups in total. The van der Waals surface area contributed by atoms with Gasteiger partial charge in [-0.1, -0.05) is 31.2 Å². The van der Waals surface area contributed by atoms with E-state index < -0.39 is 0 Å². The molecule has 1 fully saturated rings. The van der Waals surface area contributed by atoms with Crippen LogP contribution in [0.15, 0.2) is 24.3 Å². The van der Waals surface area contributed by atoms with E-state index in [1.165, 1.54) is 11.1 Å². The average molecular weight is 248 g/mol. The van der Waals surface area contributed by atoms with Crippen LogP contribution in [0.2, 0.25) is 0 Å². The molecule has 0 spiro atoms. The maximum absolute atomic E-state index is 5.47. The Bertz CT molecular complexity index is 367. The normalized spacial score (nSPS) is 21.1. The van der Waals surface area contributed by atoms with Gasteiger partial charge in [-0.2, -0.15) is 0 Å². The van der Waals surface area contributed by atoms with E-state index in [1.807, 2.05) is 0 Å². The molecule has 1 aromatic rings. The van der Waals surface area contributed by atoms with Gasteiger partial charge in [0.15, 0.2) is 0 Å². The van der Waals surface area contributed by atoms with Gasteiger partial charge in [0, 0.05) is 25.7 Å². The van der Waals surface area contributed by atoms with Gasteiger partial charge in [-0.05, 0) is 24.6 Å². The lowest BCUT2D eigenvalue weighted by atomic mass is 10.1. The smallest absolute Gasteiger partial charge is 0.0619 e. The molecule has 0 aliphatic carbocycles. The number of benzene rings is 1. The molecular formula is C15H24N2O. The highest BCUT2D eigenvalue weighted by atomic mass is 16.5. The zero-order chi connectivity index (χ0) is 12.8. The molecule has 1 heterocycles. The van der Waals surface area contributed by atoms with Crippen molar-refractivity contribution >= 4 is 0 Å². The highest BCUT2D eigenvalue weighted by Gasteiger charge is 2.18. The van der Waals surface area contributed by atoms with Crippen LogP contribution in [0.1, 0.15) is 25.0 Å². The highest BCUT2D eigenvalue weighted by molar-refractivity contribution is 5.23. The van der Waals surface area contributed by atoms with Gasteiger partial charge >= 0.3 is 0 Å². The number of rotatable bonds is 5. The highest BCUT2D eigenvalue weighted by Crippen LogP contribution is 2.13.